The number of β-amino-alcohol motifs (C(OH)–C–C–N with tert-alkyl or cyclic N) is 1. The fourth-order valence-electron chi connectivity index (χ4n) is 10.6. The van der Waals surface area contributed by atoms with Gasteiger partial charge in [-0.05, 0) is 123 Å². The first-order chi connectivity index (χ1) is 33.8. The summed E-state index contributed by atoms with van der Waals surface area (Å²) >= 11 is 0. The summed E-state index contributed by atoms with van der Waals surface area (Å²) in [6, 6.07) is 9.32. The zero-order chi connectivity index (χ0) is 52.0. The van der Waals surface area contributed by atoms with E-state index in [4.69, 9.17) is 37.9 Å². The van der Waals surface area contributed by atoms with Crippen molar-refractivity contribution in [3.8, 4) is 0 Å². The van der Waals surface area contributed by atoms with E-state index in [1.54, 1.807) is 46.7 Å². The molecule has 0 radical (unpaired) electrons. The smallest absolute Gasteiger partial charge is 0.308 e. The lowest BCUT2D eigenvalue weighted by Gasteiger charge is -2.50. The van der Waals surface area contributed by atoms with Crippen molar-refractivity contribution in [1.29, 1.82) is 0 Å². The maximum Gasteiger partial charge on any atom is 0.308 e. The molecule has 0 spiro atoms. The van der Waals surface area contributed by atoms with Crippen molar-refractivity contribution in [2.75, 3.05) is 40.8 Å². The summed E-state index contributed by atoms with van der Waals surface area (Å²) in [6.45, 7) is 14.1. The molecule has 4 heterocycles. The molecule has 3 N–H and O–H groups in total. The summed E-state index contributed by atoms with van der Waals surface area (Å²) in [5.41, 5.74) is 0.830. The molecule has 3 saturated heterocycles. The predicted molar refractivity (Wildman–Crippen MR) is 263 cm³/mol. The molecule has 1 aromatic carbocycles. The van der Waals surface area contributed by atoms with Gasteiger partial charge >= 0.3 is 17.9 Å². The first-order valence-corrected chi connectivity index (χ1v) is 25.8. The van der Waals surface area contributed by atoms with Crippen LogP contribution in [-0.4, -0.2) is 180 Å². The van der Waals surface area contributed by atoms with E-state index >= 15 is 0 Å². The molecular formula is C53H83N3O15. The van der Waals surface area contributed by atoms with E-state index in [2.05, 4.69) is 16.0 Å². The van der Waals surface area contributed by atoms with Crippen LogP contribution >= 0.6 is 0 Å². The Bertz CT molecular complexity index is 1990. The lowest BCUT2D eigenvalue weighted by Crippen LogP contribution is -2.66. The number of carbonyl (C=O) groups is 4. The fraction of sp³-hybridized carbons (Fsp3) is 0.755. The third-order valence-corrected chi connectivity index (χ3v) is 14.4. The van der Waals surface area contributed by atoms with Crippen LogP contribution in [0.3, 0.4) is 0 Å². The van der Waals surface area contributed by atoms with Crippen LogP contribution in [0.4, 0.5) is 0 Å². The minimum absolute atomic E-state index is 0.00143. The monoisotopic (exact) mass is 1000 g/mol. The molecule has 1 aromatic heterocycles. The highest BCUT2D eigenvalue weighted by Gasteiger charge is 2.54. The maximum absolute atomic E-state index is 13.4. The number of hydrogen-bond acceptors (Lipinski definition) is 18. The van der Waals surface area contributed by atoms with Crippen molar-refractivity contribution in [3.63, 3.8) is 0 Å². The summed E-state index contributed by atoms with van der Waals surface area (Å²) < 4.78 is 49.7. The van der Waals surface area contributed by atoms with E-state index in [0.29, 0.717) is 38.9 Å². The van der Waals surface area contributed by atoms with Gasteiger partial charge in [0.2, 0.25) is 0 Å². The van der Waals surface area contributed by atoms with E-state index in [9.17, 15) is 34.5 Å². The standard InChI is InChI=1S/C53H83N3O15/c1-11-17-43(61)68-51-35(6)66-45(30-53(51,7)71-42(60)12-2)69-48-34(5)67-52(47(63)46(48)55(8)9)70-49-37(23-27-57)28-32(3)41(59)31-56(25-15-18-33(4)65-44(62)29-40(58)50(49)64-10)26-16-19-36-22-24-54-39-21-14-13-20-38(36)39/h13-14,20-22,24,27,32-35,37,40-41,45-52,58-59,63H,11-12,15-19,23,25-26,28-31H2,1-10H3/t32-,33-,34-,35+,37+,40-,41+,45+,46-,47-,48-,49+,50+,51+,52+,53-/m1/s1. The van der Waals surface area contributed by atoms with E-state index in [1.165, 1.54) is 12.7 Å². The van der Waals surface area contributed by atoms with Crippen molar-refractivity contribution >= 4 is 35.1 Å². The van der Waals surface area contributed by atoms with Gasteiger partial charge in [-0.2, -0.15) is 0 Å². The normalized spacial score (nSPS) is 35.2. The number of hydrogen-bond donors (Lipinski definition) is 3. The Labute approximate surface area is 420 Å². The Morgan fingerprint density at radius 1 is 0.972 bits per heavy atom. The molecule has 16 atom stereocenters. The first-order valence-electron chi connectivity index (χ1n) is 25.8. The zero-order valence-electron chi connectivity index (χ0n) is 43.7. The molecule has 71 heavy (non-hydrogen) atoms. The number of benzene rings is 1. The van der Waals surface area contributed by atoms with Gasteiger partial charge in [-0.1, -0.05) is 39.0 Å². The average molecular weight is 1000 g/mol. The van der Waals surface area contributed by atoms with Gasteiger partial charge in [0.05, 0.1) is 54.6 Å². The van der Waals surface area contributed by atoms with Gasteiger partial charge in [0.1, 0.15) is 24.6 Å². The summed E-state index contributed by atoms with van der Waals surface area (Å²) in [5.74, 6) is -2.62. The number of aryl methyl sites for hydroxylation is 1. The molecule has 0 saturated carbocycles. The molecule has 0 unspecified atom stereocenters. The number of pyridine rings is 1. The number of aliphatic hydroxyl groups is 3. The summed E-state index contributed by atoms with van der Waals surface area (Å²) in [6.07, 6.45) is -6.01. The van der Waals surface area contributed by atoms with Crippen LogP contribution in [0.2, 0.25) is 0 Å². The molecule has 5 rings (SSSR count). The van der Waals surface area contributed by atoms with E-state index < -0.39 is 116 Å². The van der Waals surface area contributed by atoms with Crippen molar-refractivity contribution in [2.24, 2.45) is 11.8 Å². The van der Waals surface area contributed by atoms with Crippen molar-refractivity contribution < 1.29 is 72.4 Å². The van der Waals surface area contributed by atoms with Crippen LogP contribution in [-0.2, 0) is 63.5 Å². The number of aromatic nitrogens is 1. The van der Waals surface area contributed by atoms with Gasteiger partial charge in [0.25, 0.3) is 0 Å². The van der Waals surface area contributed by atoms with Crippen LogP contribution in [0.1, 0.15) is 118 Å². The third kappa shape index (κ3) is 15.9. The second-order valence-corrected chi connectivity index (χ2v) is 20.4. The molecule has 18 nitrogen and oxygen atoms in total. The average Bonchev–Trinajstić information content (AvgIpc) is 3.31. The molecule has 400 valence electrons. The molecule has 0 bridgehead atoms. The van der Waals surface area contributed by atoms with Gasteiger partial charge in [-0.25, -0.2) is 0 Å². The highest BCUT2D eigenvalue weighted by atomic mass is 16.7. The SMILES string of the molecule is CCCC(=O)O[C@H]1[C@H](C)O[C@@H](O[C@H]2[C@H](N(C)C)[C@@H](O)[C@H](O[C@H]3[C@@H](CC=O)C[C@@H](C)[C@@H](O)CN(CCCc4ccnc5ccccc45)CCC[C@@H](C)OC(=O)C[C@@H](O)[C@@H]3OC)O[C@@H]2C)C[C@@]1(C)OC(=O)CC. The highest BCUT2D eigenvalue weighted by Crippen LogP contribution is 2.39. The minimum Gasteiger partial charge on any atom is -0.463 e. The number of aliphatic hydroxyl groups excluding tert-OH is 3. The molecule has 0 aliphatic carbocycles. The van der Waals surface area contributed by atoms with Crippen molar-refractivity contribution in [1.82, 2.24) is 14.8 Å². The molecular weight excluding hydrogens is 919 g/mol. The van der Waals surface area contributed by atoms with Gasteiger partial charge in [-0.15, -0.1) is 0 Å². The number of cyclic esters (lactones) is 1. The van der Waals surface area contributed by atoms with Crippen molar-refractivity contribution in [3.05, 3.63) is 42.1 Å². The van der Waals surface area contributed by atoms with Crippen LogP contribution < -0.4 is 0 Å². The number of esters is 3. The minimum atomic E-state index is -1.45. The van der Waals surface area contributed by atoms with Crippen LogP contribution in [0.5, 0.6) is 0 Å². The summed E-state index contributed by atoms with van der Waals surface area (Å²) in [5, 5.41) is 37.1. The summed E-state index contributed by atoms with van der Waals surface area (Å²) in [4.78, 5) is 59.9. The summed E-state index contributed by atoms with van der Waals surface area (Å²) in [7, 11) is 4.91. The number of rotatable bonds is 17. The Hall–Kier alpha value is -3.69. The Morgan fingerprint density at radius 2 is 1.72 bits per heavy atom. The topological polar surface area (TPSA) is 222 Å². The lowest BCUT2D eigenvalue weighted by atomic mass is 9.82. The molecule has 3 aliphatic rings. The molecule has 18 heteroatoms. The van der Waals surface area contributed by atoms with Gasteiger partial charge < -0.3 is 67.8 Å². The third-order valence-electron chi connectivity index (χ3n) is 14.4. The Morgan fingerprint density at radius 3 is 2.41 bits per heavy atom. The highest BCUT2D eigenvalue weighted by molar-refractivity contribution is 5.81. The number of methoxy groups -OCH3 is 1. The van der Waals surface area contributed by atoms with Gasteiger partial charge in [-0.3, -0.25) is 19.4 Å². The number of carbonyl (C=O) groups excluding carboxylic acids is 4. The Balaban J connectivity index is 1.38. The number of ether oxygens (including phenoxy) is 8. The quantitative estimate of drug-likeness (QED) is 0.109. The van der Waals surface area contributed by atoms with E-state index in [1.807, 2.05) is 51.2 Å². The van der Waals surface area contributed by atoms with Gasteiger partial charge in [0, 0.05) is 50.9 Å². The van der Waals surface area contributed by atoms with E-state index in [-0.39, 0.29) is 38.0 Å². The van der Waals surface area contributed by atoms with Gasteiger partial charge in [0.15, 0.2) is 24.3 Å². The number of aldehydes is 1. The molecule has 3 fully saturated rings. The number of fused-ring (bicyclic) bond motifs is 1. The number of para-hydroxylation sites is 1. The first kappa shape index (κ1) is 58.2. The largest absolute Gasteiger partial charge is 0.463 e. The maximum atomic E-state index is 13.4. The predicted octanol–water partition coefficient (Wildman–Crippen LogP) is 4.92. The number of nitrogens with zero attached hydrogens (tertiary/aromatic N) is 3. The van der Waals surface area contributed by atoms with Crippen LogP contribution in [0.15, 0.2) is 36.5 Å². The van der Waals surface area contributed by atoms with E-state index in [0.717, 1.165) is 30.0 Å². The van der Waals surface area contributed by atoms with Crippen LogP contribution in [0, 0.1) is 11.8 Å². The second-order valence-electron chi connectivity index (χ2n) is 20.4. The molecule has 3 aliphatic heterocycles. The number of likely N-dealkylation sites (N-methyl/N-ethyl adjacent to an activating group) is 1. The lowest BCUT2D eigenvalue weighted by molar-refractivity contribution is -0.344. The zero-order valence-corrected chi connectivity index (χ0v) is 43.7. The fourth-order valence-corrected chi connectivity index (χ4v) is 10.6. The molecule has 2 aromatic rings. The van der Waals surface area contributed by atoms with Crippen molar-refractivity contribution in [2.45, 2.75) is 204 Å². The second kappa shape index (κ2) is 27.6. The Kier molecular flexibility index (Phi) is 22.6. The molecule has 0 amide bonds. The van der Waals surface area contributed by atoms with Crippen LogP contribution in [0.25, 0.3) is 10.9 Å².